The van der Waals surface area contributed by atoms with Gasteiger partial charge in [0.15, 0.2) is 0 Å². The Hall–Kier alpha value is -0.530. The zero-order valence-electron chi connectivity index (χ0n) is 12.7. The Morgan fingerprint density at radius 1 is 1.28 bits per heavy atom. The van der Waals surface area contributed by atoms with Crippen molar-refractivity contribution in [3.8, 4) is 0 Å². The quantitative estimate of drug-likeness (QED) is 0.709. The summed E-state index contributed by atoms with van der Waals surface area (Å²) >= 11 is 0. The first kappa shape index (κ1) is 13.9. The number of carbonyl (C=O) groups is 1. The summed E-state index contributed by atoms with van der Waals surface area (Å²) in [4.78, 5) is 12.2. The molecule has 2 nitrogen and oxygen atoms in total. The predicted molar refractivity (Wildman–Crippen MR) is 73.1 cm³/mol. The van der Waals surface area contributed by atoms with Crippen LogP contribution >= 0.6 is 0 Å². The summed E-state index contributed by atoms with van der Waals surface area (Å²) in [5.41, 5.74) is 0.0208. The van der Waals surface area contributed by atoms with Gasteiger partial charge in [-0.15, -0.1) is 0 Å². The van der Waals surface area contributed by atoms with E-state index in [4.69, 9.17) is 4.74 Å². The van der Waals surface area contributed by atoms with Crippen LogP contribution in [0.5, 0.6) is 0 Å². The highest BCUT2D eigenvalue weighted by Crippen LogP contribution is 2.62. The number of hydrogen-bond acceptors (Lipinski definition) is 2. The molecule has 0 aliphatic heterocycles. The topological polar surface area (TPSA) is 26.3 Å². The molecule has 0 aromatic carbocycles. The molecule has 0 amide bonds. The SMILES string of the molecule is CCC(C)(C)C(=O)OC1CC(C)C2CC1C2(C)C. The minimum atomic E-state index is -0.339. The molecule has 3 fully saturated rings. The summed E-state index contributed by atoms with van der Waals surface area (Å²) < 4.78 is 5.86. The van der Waals surface area contributed by atoms with Crippen molar-refractivity contribution in [3.63, 3.8) is 0 Å². The monoisotopic (exact) mass is 252 g/mol. The Balaban J connectivity index is 2.05. The van der Waals surface area contributed by atoms with Crippen LogP contribution in [-0.2, 0) is 9.53 Å². The molecular formula is C16H28O2. The molecule has 0 spiro atoms. The van der Waals surface area contributed by atoms with E-state index >= 15 is 0 Å². The van der Waals surface area contributed by atoms with Gasteiger partial charge in [0.2, 0.25) is 0 Å². The van der Waals surface area contributed by atoms with Crippen molar-refractivity contribution in [2.75, 3.05) is 0 Å². The maximum Gasteiger partial charge on any atom is 0.311 e. The van der Waals surface area contributed by atoms with E-state index in [-0.39, 0.29) is 17.5 Å². The van der Waals surface area contributed by atoms with Crippen molar-refractivity contribution in [2.45, 2.75) is 66.9 Å². The lowest BCUT2D eigenvalue weighted by Gasteiger charge is -2.62. The standard InChI is InChI=1S/C16H28O2/c1-7-15(3,4)14(17)18-13-8-10(2)11-9-12(13)16(11,5)6/h10-13H,7-9H2,1-6H3. The predicted octanol–water partition coefficient (Wildman–Crippen LogP) is 4.04. The molecule has 0 saturated heterocycles. The Labute approximate surface area is 111 Å². The summed E-state index contributed by atoms with van der Waals surface area (Å²) in [7, 11) is 0. The number of rotatable bonds is 3. The van der Waals surface area contributed by atoms with E-state index in [1.54, 1.807) is 0 Å². The molecule has 0 heterocycles. The molecule has 0 radical (unpaired) electrons. The minimum Gasteiger partial charge on any atom is -0.462 e. The second-order valence-electron chi connectivity index (χ2n) is 7.66. The largest absolute Gasteiger partial charge is 0.462 e. The molecule has 4 atom stereocenters. The lowest BCUT2D eigenvalue weighted by atomic mass is 9.45. The van der Waals surface area contributed by atoms with Gasteiger partial charge >= 0.3 is 5.97 Å². The van der Waals surface area contributed by atoms with Crippen LogP contribution in [0, 0.1) is 28.6 Å². The van der Waals surface area contributed by atoms with Crippen molar-refractivity contribution < 1.29 is 9.53 Å². The minimum absolute atomic E-state index is 0.0108. The molecule has 3 rings (SSSR count). The lowest BCUT2D eigenvalue weighted by molar-refractivity contribution is -0.201. The van der Waals surface area contributed by atoms with Gasteiger partial charge in [-0.1, -0.05) is 27.7 Å². The van der Waals surface area contributed by atoms with E-state index in [1.807, 2.05) is 20.8 Å². The Kier molecular flexibility index (Phi) is 3.28. The van der Waals surface area contributed by atoms with E-state index in [9.17, 15) is 4.79 Å². The zero-order valence-corrected chi connectivity index (χ0v) is 12.7. The maximum atomic E-state index is 12.2. The average molecular weight is 252 g/mol. The third-order valence-electron chi connectivity index (χ3n) is 5.85. The van der Waals surface area contributed by atoms with Crippen molar-refractivity contribution in [2.24, 2.45) is 28.6 Å². The fourth-order valence-electron chi connectivity index (χ4n) is 3.86. The van der Waals surface area contributed by atoms with Gasteiger partial charge in [-0.2, -0.15) is 0 Å². The second kappa shape index (κ2) is 4.25. The van der Waals surface area contributed by atoms with Crippen molar-refractivity contribution in [1.82, 2.24) is 0 Å². The molecule has 18 heavy (non-hydrogen) atoms. The van der Waals surface area contributed by atoms with E-state index in [1.165, 1.54) is 6.42 Å². The van der Waals surface area contributed by atoms with Gasteiger partial charge in [-0.25, -0.2) is 0 Å². The molecule has 3 aliphatic rings. The first-order valence-electron chi connectivity index (χ1n) is 7.41. The van der Waals surface area contributed by atoms with Crippen LogP contribution in [0.2, 0.25) is 0 Å². The molecule has 0 aromatic heterocycles. The molecule has 2 heteroatoms. The Bertz CT molecular complexity index is 343. The summed E-state index contributed by atoms with van der Waals surface area (Å²) in [5, 5.41) is 0. The van der Waals surface area contributed by atoms with Crippen LogP contribution < -0.4 is 0 Å². The number of ether oxygens (including phenoxy) is 1. The molecule has 3 aliphatic carbocycles. The number of hydrogen-bond donors (Lipinski definition) is 0. The lowest BCUT2D eigenvalue weighted by Crippen LogP contribution is -2.59. The normalized spacial score (nSPS) is 37.9. The van der Waals surface area contributed by atoms with Gasteiger partial charge in [-0.3, -0.25) is 4.79 Å². The fraction of sp³-hybridized carbons (Fsp3) is 0.938. The zero-order chi connectivity index (χ0) is 13.7. The van der Waals surface area contributed by atoms with Crippen LogP contribution in [0.1, 0.15) is 60.8 Å². The summed E-state index contributed by atoms with van der Waals surface area (Å²) in [6, 6.07) is 0. The summed E-state index contributed by atoms with van der Waals surface area (Å²) in [6.07, 6.45) is 3.30. The van der Waals surface area contributed by atoms with Crippen LogP contribution in [0.15, 0.2) is 0 Å². The van der Waals surface area contributed by atoms with E-state index in [0.29, 0.717) is 17.3 Å². The van der Waals surface area contributed by atoms with Gasteiger partial charge in [0.1, 0.15) is 6.10 Å². The van der Waals surface area contributed by atoms with Crippen molar-refractivity contribution in [1.29, 1.82) is 0 Å². The van der Waals surface area contributed by atoms with Crippen molar-refractivity contribution >= 4 is 5.97 Å². The van der Waals surface area contributed by atoms with Crippen LogP contribution in [0.3, 0.4) is 0 Å². The average Bonchev–Trinajstić information content (AvgIpc) is 2.27. The summed E-state index contributed by atoms with van der Waals surface area (Å²) in [6.45, 7) is 13.0. The molecule has 2 bridgehead atoms. The number of fused-ring (bicyclic) bond motifs is 2. The van der Waals surface area contributed by atoms with E-state index in [2.05, 4.69) is 20.8 Å². The molecule has 4 unspecified atom stereocenters. The van der Waals surface area contributed by atoms with Gasteiger partial charge < -0.3 is 4.74 Å². The molecule has 3 saturated carbocycles. The van der Waals surface area contributed by atoms with Crippen molar-refractivity contribution in [3.05, 3.63) is 0 Å². The van der Waals surface area contributed by atoms with E-state index in [0.717, 1.165) is 18.8 Å². The third-order valence-corrected chi connectivity index (χ3v) is 5.85. The smallest absolute Gasteiger partial charge is 0.311 e. The third kappa shape index (κ3) is 1.98. The Morgan fingerprint density at radius 2 is 1.89 bits per heavy atom. The first-order chi connectivity index (χ1) is 8.20. The Morgan fingerprint density at radius 3 is 2.33 bits per heavy atom. The highest BCUT2D eigenvalue weighted by atomic mass is 16.5. The first-order valence-corrected chi connectivity index (χ1v) is 7.41. The van der Waals surface area contributed by atoms with Crippen LogP contribution in [-0.4, -0.2) is 12.1 Å². The number of carbonyl (C=O) groups excluding carboxylic acids is 1. The van der Waals surface area contributed by atoms with Gasteiger partial charge in [0.05, 0.1) is 5.41 Å². The molecule has 104 valence electrons. The highest BCUT2D eigenvalue weighted by molar-refractivity contribution is 5.76. The van der Waals surface area contributed by atoms with Gasteiger partial charge in [-0.05, 0) is 50.4 Å². The molecular weight excluding hydrogens is 224 g/mol. The van der Waals surface area contributed by atoms with Crippen LogP contribution in [0.4, 0.5) is 0 Å². The van der Waals surface area contributed by atoms with Gasteiger partial charge in [0.25, 0.3) is 0 Å². The fourth-order valence-corrected chi connectivity index (χ4v) is 3.86. The second-order valence-corrected chi connectivity index (χ2v) is 7.66. The number of esters is 1. The molecule has 0 aromatic rings. The van der Waals surface area contributed by atoms with Gasteiger partial charge in [0, 0.05) is 5.92 Å². The molecule has 0 N–H and O–H groups in total. The van der Waals surface area contributed by atoms with Crippen LogP contribution in [0.25, 0.3) is 0 Å². The highest BCUT2D eigenvalue weighted by Gasteiger charge is 2.58. The van der Waals surface area contributed by atoms with E-state index < -0.39 is 0 Å². The summed E-state index contributed by atoms with van der Waals surface area (Å²) in [5.74, 6) is 2.09. The maximum absolute atomic E-state index is 12.2.